The van der Waals surface area contributed by atoms with Crippen molar-refractivity contribution in [3.05, 3.63) is 23.7 Å². The summed E-state index contributed by atoms with van der Waals surface area (Å²) in [5, 5.41) is 0. The van der Waals surface area contributed by atoms with Crippen LogP contribution in [-0.2, 0) is 6.54 Å². The molecule has 0 bridgehead atoms. The van der Waals surface area contributed by atoms with E-state index in [1.807, 2.05) is 11.8 Å². The van der Waals surface area contributed by atoms with Gasteiger partial charge in [-0.1, -0.05) is 0 Å². The number of hydrogen-bond donors (Lipinski definition) is 2. The third-order valence-corrected chi connectivity index (χ3v) is 3.58. The lowest BCUT2D eigenvalue weighted by Crippen LogP contribution is -2.42. The van der Waals surface area contributed by atoms with E-state index in [0.29, 0.717) is 18.3 Å². The molecule has 1 aliphatic heterocycles. The first-order valence-electron chi connectivity index (χ1n) is 5.68. The minimum atomic E-state index is -0.578. The minimum absolute atomic E-state index is 0.146. The molecule has 1 saturated heterocycles. The topological polar surface area (TPSA) is 97.8 Å². The van der Waals surface area contributed by atoms with E-state index in [1.54, 1.807) is 12.1 Å². The first kappa shape index (κ1) is 12.8. The highest BCUT2D eigenvalue weighted by atomic mass is 32.2. The normalized spacial score (nSPS) is 16.9. The van der Waals surface area contributed by atoms with E-state index >= 15 is 0 Å². The van der Waals surface area contributed by atoms with Gasteiger partial charge in [-0.15, -0.1) is 0 Å². The fourth-order valence-electron chi connectivity index (χ4n) is 1.65. The van der Waals surface area contributed by atoms with E-state index in [4.69, 9.17) is 15.9 Å². The van der Waals surface area contributed by atoms with E-state index in [1.165, 1.54) is 0 Å². The Balaban J connectivity index is 1.93. The van der Waals surface area contributed by atoms with Gasteiger partial charge in [-0.2, -0.15) is 11.8 Å². The van der Waals surface area contributed by atoms with Gasteiger partial charge in [-0.25, -0.2) is 4.99 Å². The molecule has 1 fully saturated rings. The molecule has 0 radical (unpaired) electrons. The lowest BCUT2D eigenvalue weighted by Gasteiger charge is -2.27. The zero-order chi connectivity index (χ0) is 13.0. The lowest BCUT2D eigenvalue weighted by atomic mass is 10.4. The van der Waals surface area contributed by atoms with E-state index in [2.05, 4.69) is 9.89 Å². The van der Waals surface area contributed by atoms with Gasteiger partial charge in [-0.05, 0) is 12.1 Å². The van der Waals surface area contributed by atoms with Crippen molar-refractivity contribution in [2.45, 2.75) is 6.54 Å². The molecule has 0 atom stereocenters. The van der Waals surface area contributed by atoms with Crippen LogP contribution in [0.3, 0.4) is 0 Å². The molecule has 1 aliphatic rings. The molecule has 2 heterocycles. The van der Waals surface area contributed by atoms with Gasteiger partial charge in [0.2, 0.25) is 0 Å². The van der Waals surface area contributed by atoms with Crippen molar-refractivity contribution in [3.8, 4) is 0 Å². The number of furan rings is 1. The standard InChI is InChI=1S/C11H16N4O2S/c12-10(16)9-2-1-8(17-9)7-14-11(13)15-3-5-18-6-4-15/h1-2H,3-7H2,(H2,12,16)(H2,13,14). The van der Waals surface area contributed by atoms with Crippen LogP contribution in [0.1, 0.15) is 16.3 Å². The Morgan fingerprint density at radius 3 is 2.72 bits per heavy atom. The molecule has 0 aromatic carbocycles. The van der Waals surface area contributed by atoms with Crippen molar-refractivity contribution >= 4 is 23.6 Å². The summed E-state index contributed by atoms with van der Waals surface area (Å²) in [6.07, 6.45) is 0. The maximum atomic E-state index is 10.9. The second-order valence-corrected chi connectivity index (χ2v) is 5.13. The van der Waals surface area contributed by atoms with Crippen molar-refractivity contribution in [1.82, 2.24) is 4.90 Å². The van der Waals surface area contributed by atoms with Gasteiger partial charge in [0.1, 0.15) is 12.3 Å². The molecular formula is C11H16N4O2S. The predicted octanol–water partition coefficient (Wildman–Crippen LogP) is 0.242. The maximum absolute atomic E-state index is 10.9. The van der Waals surface area contributed by atoms with Crippen LogP contribution in [0.2, 0.25) is 0 Å². The number of thioether (sulfide) groups is 1. The fourth-order valence-corrected chi connectivity index (χ4v) is 2.55. The van der Waals surface area contributed by atoms with Crippen molar-refractivity contribution in [2.24, 2.45) is 16.5 Å². The quantitative estimate of drug-likeness (QED) is 0.604. The van der Waals surface area contributed by atoms with Crippen LogP contribution in [0.5, 0.6) is 0 Å². The van der Waals surface area contributed by atoms with Gasteiger partial charge < -0.3 is 20.8 Å². The average molecular weight is 268 g/mol. The number of primary amides is 1. The molecule has 4 N–H and O–H groups in total. The molecule has 18 heavy (non-hydrogen) atoms. The van der Waals surface area contributed by atoms with Crippen LogP contribution in [0, 0.1) is 0 Å². The molecule has 7 heteroatoms. The van der Waals surface area contributed by atoms with E-state index in [0.717, 1.165) is 24.6 Å². The smallest absolute Gasteiger partial charge is 0.284 e. The Labute approximate surface area is 109 Å². The van der Waals surface area contributed by atoms with Crippen LogP contribution in [-0.4, -0.2) is 41.4 Å². The molecule has 1 aromatic heterocycles. The molecule has 0 unspecified atom stereocenters. The third-order valence-electron chi connectivity index (χ3n) is 2.64. The highest BCUT2D eigenvalue weighted by Gasteiger charge is 2.12. The molecule has 1 amide bonds. The van der Waals surface area contributed by atoms with E-state index in [9.17, 15) is 4.79 Å². The summed E-state index contributed by atoms with van der Waals surface area (Å²) in [6, 6.07) is 3.23. The number of rotatable bonds is 3. The zero-order valence-electron chi connectivity index (χ0n) is 9.96. The second-order valence-electron chi connectivity index (χ2n) is 3.90. The molecule has 2 rings (SSSR count). The maximum Gasteiger partial charge on any atom is 0.284 e. The summed E-state index contributed by atoms with van der Waals surface area (Å²) >= 11 is 1.91. The van der Waals surface area contributed by atoms with Crippen molar-refractivity contribution in [3.63, 3.8) is 0 Å². The van der Waals surface area contributed by atoms with Crippen LogP contribution in [0.25, 0.3) is 0 Å². The van der Waals surface area contributed by atoms with Crippen LogP contribution >= 0.6 is 11.8 Å². The van der Waals surface area contributed by atoms with Gasteiger partial charge in [-0.3, -0.25) is 4.79 Å². The Hall–Kier alpha value is -1.63. The first-order chi connectivity index (χ1) is 8.66. The van der Waals surface area contributed by atoms with Crippen molar-refractivity contribution < 1.29 is 9.21 Å². The number of carbonyl (C=O) groups is 1. The SMILES string of the molecule is NC(=O)c1ccc(CN=C(N)N2CCSCC2)o1. The van der Waals surface area contributed by atoms with E-state index < -0.39 is 5.91 Å². The first-order valence-corrected chi connectivity index (χ1v) is 6.83. The Bertz CT molecular complexity index is 452. The summed E-state index contributed by atoms with van der Waals surface area (Å²) < 4.78 is 5.22. The van der Waals surface area contributed by atoms with Crippen LogP contribution < -0.4 is 11.5 Å². The number of nitrogens with zero attached hydrogens (tertiary/aromatic N) is 2. The summed E-state index contributed by atoms with van der Waals surface area (Å²) in [5.74, 6) is 2.82. The summed E-state index contributed by atoms with van der Waals surface area (Å²) in [7, 11) is 0. The number of aliphatic imine (C=N–C) groups is 1. The summed E-state index contributed by atoms with van der Waals surface area (Å²) in [5.41, 5.74) is 11.0. The number of nitrogens with two attached hydrogens (primary N) is 2. The Morgan fingerprint density at radius 1 is 1.39 bits per heavy atom. The predicted molar refractivity (Wildman–Crippen MR) is 71.5 cm³/mol. The highest BCUT2D eigenvalue weighted by Crippen LogP contribution is 2.10. The largest absolute Gasteiger partial charge is 0.454 e. The lowest BCUT2D eigenvalue weighted by molar-refractivity contribution is 0.0972. The second kappa shape index (κ2) is 5.81. The molecular weight excluding hydrogens is 252 g/mol. The molecule has 6 nitrogen and oxygen atoms in total. The molecule has 0 saturated carbocycles. The molecule has 1 aromatic rings. The summed E-state index contributed by atoms with van der Waals surface area (Å²) in [6.45, 7) is 2.16. The van der Waals surface area contributed by atoms with E-state index in [-0.39, 0.29) is 5.76 Å². The van der Waals surface area contributed by atoms with Crippen LogP contribution in [0.15, 0.2) is 21.5 Å². The zero-order valence-corrected chi connectivity index (χ0v) is 10.8. The van der Waals surface area contributed by atoms with Crippen LogP contribution in [0.4, 0.5) is 0 Å². The van der Waals surface area contributed by atoms with Crippen molar-refractivity contribution in [1.29, 1.82) is 0 Å². The summed E-state index contributed by atoms with van der Waals surface area (Å²) in [4.78, 5) is 17.2. The monoisotopic (exact) mass is 268 g/mol. The van der Waals surface area contributed by atoms with Gasteiger partial charge in [0.15, 0.2) is 11.7 Å². The number of amides is 1. The Morgan fingerprint density at radius 2 is 2.11 bits per heavy atom. The molecule has 0 aliphatic carbocycles. The van der Waals surface area contributed by atoms with Gasteiger partial charge in [0.05, 0.1) is 0 Å². The number of carbonyl (C=O) groups excluding carboxylic acids is 1. The van der Waals surface area contributed by atoms with Gasteiger partial charge in [0.25, 0.3) is 5.91 Å². The molecule has 0 spiro atoms. The van der Waals surface area contributed by atoms with Crippen molar-refractivity contribution in [2.75, 3.05) is 24.6 Å². The number of guanidine groups is 1. The average Bonchev–Trinajstić information content (AvgIpc) is 2.86. The molecule has 98 valence electrons. The Kier molecular flexibility index (Phi) is 4.14. The van der Waals surface area contributed by atoms with Gasteiger partial charge >= 0.3 is 0 Å². The number of hydrogen-bond acceptors (Lipinski definition) is 4. The van der Waals surface area contributed by atoms with Gasteiger partial charge in [0, 0.05) is 24.6 Å². The fraction of sp³-hybridized carbons (Fsp3) is 0.455. The highest BCUT2D eigenvalue weighted by molar-refractivity contribution is 7.99. The minimum Gasteiger partial charge on any atom is -0.454 e. The third kappa shape index (κ3) is 3.19.